The number of nitrogens with one attached hydrogen (secondary N) is 2. The van der Waals surface area contributed by atoms with E-state index in [0.717, 1.165) is 5.56 Å². The summed E-state index contributed by atoms with van der Waals surface area (Å²) in [5, 5.41) is 24.4. The lowest BCUT2D eigenvalue weighted by molar-refractivity contribution is -0.143. The highest BCUT2D eigenvalue weighted by atomic mass is 32.2. The van der Waals surface area contributed by atoms with Crippen molar-refractivity contribution in [3.05, 3.63) is 35.4 Å². The molecule has 1 aromatic rings. The van der Waals surface area contributed by atoms with Crippen LogP contribution in [0, 0.1) is 11.3 Å². The predicted octanol–water partition coefficient (Wildman–Crippen LogP) is 1.26. The number of alkyl halides is 1. The number of β-amino-alcohol motifs (C(OH)–C–C–N with tert-alkyl or cyclic N) is 1. The van der Waals surface area contributed by atoms with Gasteiger partial charge in [0.25, 0.3) is 5.91 Å². The van der Waals surface area contributed by atoms with Crippen LogP contribution in [0.15, 0.2) is 24.3 Å². The molecule has 3 rings (SSSR count). The van der Waals surface area contributed by atoms with Crippen LogP contribution in [0.3, 0.4) is 0 Å². The van der Waals surface area contributed by atoms with Crippen LogP contribution in [0.2, 0.25) is 0 Å². The molecule has 0 aromatic heterocycles. The number of nitriles is 1. The third-order valence-corrected chi connectivity index (χ3v) is 7.54. The van der Waals surface area contributed by atoms with Crippen LogP contribution in [0.25, 0.3) is 0 Å². The number of benzene rings is 1. The molecule has 3 atom stereocenters. The fourth-order valence-corrected chi connectivity index (χ4v) is 4.12. The molecule has 8 nitrogen and oxygen atoms in total. The summed E-state index contributed by atoms with van der Waals surface area (Å²) >= 11 is 1.35. The first-order valence-corrected chi connectivity index (χ1v) is 12.0. The molecule has 1 unspecified atom stereocenters. The summed E-state index contributed by atoms with van der Waals surface area (Å²) in [6.45, 7) is 3.68. The van der Waals surface area contributed by atoms with Gasteiger partial charge in [0.2, 0.25) is 11.8 Å². The first-order valence-electron chi connectivity index (χ1n) is 10.8. The summed E-state index contributed by atoms with van der Waals surface area (Å²) in [5.74, 6) is -1.77. The van der Waals surface area contributed by atoms with Gasteiger partial charge in [-0.2, -0.15) is 17.0 Å². The Morgan fingerprint density at radius 3 is 2.52 bits per heavy atom. The Bertz CT molecular complexity index is 958. The minimum Gasteiger partial charge on any atom is -0.391 e. The highest BCUT2D eigenvalue weighted by Gasteiger charge is 2.53. The van der Waals surface area contributed by atoms with E-state index >= 15 is 0 Å². The molecule has 1 heterocycles. The smallest absolute Gasteiger partial charge is 0.258 e. The summed E-state index contributed by atoms with van der Waals surface area (Å²) in [7, 11) is 0. The van der Waals surface area contributed by atoms with Gasteiger partial charge in [-0.1, -0.05) is 12.1 Å². The van der Waals surface area contributed by atoms with Crippen LogP contribution >= 0.6 is 11.8 Å². The molecule has 1 saturated carbocycles. The summed E-state index contributed by atoms with van der Waals surface area (Å²) in [5.41, 5.74) is -0.647. The van der Waals surface area contributed by atoms with E-state index in [4.69, 9.17) is 5.26 Å². The number of likely N-dealkylation sites (tertiary alicyclic amines) is 1. The van der Waals surface area contributed by atoms with E-state index in [0.29, 0.717) is 5.56 Å². The van der Waals surface area contributed by atoms with Gasteiger partial charge in [-0.3, -0.25) is 14.4 Å². The Morgan fingerprint density at radius 1 is 1.33 bits per heavy atom. The molecule has 3 N–H and O–H groups in total. The standard InChI is InChI=1S/C23H29FN4O4S/c1-22(2,33-3)18(27-21(32)23(24)8-9-23)20(31)28-13-16(29)10-17(28)19(30)26-12-15-6-4-14(11-25)5-7-15/h4-7,16-18,29H,8-10,12-13H2,1-3H3,(H,26,30)(H,27,32)/t16-,17?,18-/m1/s1. The van der Waals surface area contributed by atoms with E-state index in [1.54, 1.807) is 44.4 Å². The van der Waals surface area contributed by atoms with Crippen molar-refractivity contribution in [2.24, 2.45) is 0 Å². The van der Waals surface area contributed by atoms with Gasteiger partial charge in [0.15, 0.2) is 5.67 Å². The molecule has 1 saturated heterocycles. The third kappa shape index (κ3) is 5.65. The van der Waals surface area contributed by atoms with Crippen molar-refractivity contribution in [3.63, 3.8) is 0 Å². The van der Waals surface area contributed by atoms with Gasteiger partial charge in [0.05, 0.1) is 17.7 Å². The van der Waals surface area contributed by atoms with Gasteiger partial charge in [0.1, 0.15) is 12.1 Å². The van der Waals surface area contributed by atoms with Crippen LogP contribution in [0.1, 0.15) is 44.2 Å². The highest BCUT2D eigenvalue weighted by molar-refractivity contribution is 8.00. The number of rotatable bonds is 8. The minimum absolute atomic E-state index is 0.0502. The second-order valence-corrected chi connectivity index (χ2v) is 10.6. The molecule has 3 amide bonds. The summed E-state index contributed by atoms with van der Waals surface area (Å²) in [6.07, 6.45) is 1.22. The van der Waals surface area contributed by atoms with E-state index in [2.05, 4.69) is 10.6 Å². The van der Waals surface area contributed by atoms with Crippen molar-refractivity contribution < 1.29 is 23.9 Å². The van der Waals surface area contributed by atoms with Crippen LogP contribution in [-0.4, -0.2) is 69.1 Å². The molecule has 0 bridgehead atoms. The first-order chi connectivity index (χ1) is 15.5. The second kappa shape index (κ2) is 9.69. The number of nitrogens with zero attached hydrogens (tertiary/aromatic N) is 2. The molecule has 1 aliphatic heterocycles. The van der Waals surface area contributed by atoms with E-state index < -0.39 is 46.3 Å². The zero-order valence-electron chi connectivity index (χ0n) is 18.9. The molecule has 178 valence electrons. The summed E-state index contributed by atoms with van der Waals surface area (Å²) in [4.78, 5) is 40.1. The minimum atomic E-state index is -1.94. The lowest BCUT2D eigenvalue weighted by Crippen LogP contribution is -2.60. The zero-order chi connectivity index (χ0) is 24.4. The lowest BCUT2D eigenvalue weighted by atomic mass is 10.00. The third-order valence-electron chi connectivity index (χ3n) is 6.25. The molecule has 1 aromatic carbocycles. The number of thioether (sulfide) groups is 1. The molecular formula is C23H29FN4O4S. The van der Waals surface area contributed by atoms with Gasteiger partial charge in [-0.25, -0.2) is 4.39 Å². The molecule has 0 radical (unpaired) electrons. The molecule has 33 heavy (non-hydrogen) atoms. The average Bonchev–Trinajstić information content (AvgIpc) is 3.44. The van der Waals surface area contributed by atoms with Crippen LogP contribution < -0.4 is 10.6 Å². The van der Waals surface area contributed by atoms with Gasteiger partial charge >= 0.3 is 0 Å². The number of aliphatic hydroxyl groups is 1. The average molecular weight is 477 g/mol. The number of carbonyl (C=O) groups excluding carboxylic acids is 3. The van der Waals surface area contributed by atoms with Crippen molar-refractivity contribution in [3.8, 4) is 6.07 Å². The fourth-order valence-electron chi connectivity index (χ4n) is 3.72. The number of amides is 3. The Hall–Kier alpha value is -2.64. The van der Waals surface area contributed by atoms with Crippen molar-refractivity contribution in [2.45, 2.75) is 68.3 Å². The van der Waals surface area contributed by atoms with Gasteiger partial charge in [0, 0.05) is 24.3 Å². The van der Waals surface area contributed by atoms with E-state index in [1.807, 2.05) is 6.07 Å². The van der Waals surface area contributed by atoms with Crippen LogP contribution in [-0.2, 0) is 20.9 Å². The van der Waals surface area contributed by atoms with Gasteiger partial charge < -0.3 is 20.6 Å². The zero-order valence-corrected chi connectivity index (χ0v) is 19.7. The molecule has 1 aliphatic carbocycles. The molecule has 0 spiro atoms. The molecule has 10 heteroatoms. The SMILES string of the molecule is CSC(C)(C)[C@H](NC(=O)C1(F)CC1)C(=O)N1C[C@H](O)CC1C(=O)NCc1ccc(C#N)cc1. The molecular weight excluding hydrogens is 447 g/mol. The summed E-state index contributed by atoms with van der Waals surface area (Å²) < 4.78 is 13.5. The number of halogens is 1. The summed E-state index contributed by atoms with van der Waals surface area (Å²) in [6, 6.07) is 6.79. The first kappa shape index (κ1) is 25.0. The Kier molecular flexibility index (Phi) is 7.34. The van der Waals surface area contributed by atoms with Crippen molar-refractivity contribution >= 4 is 29.5 Å². The van der Waals surface area contributed by atoms with Gasteiger partial charge in [-0.05, 0) is 50.6 Å². The van der Waals surface area contributed by atoms with E-state index in [1.165, 1.54) is 16.7 Å². The molecule has 2 fully saturated rings. The number of aliphatic hydroxyl groups excluding tert-OH is 1. The maximum Gasteiger partial charge on any atom is 0.258 e. The maximum atomic E-state index is 14.3. The Balaban J connectivity index is 1.73. The quantitative estimate of drug-likeness (QED) is 0.519. The van der Waals surface area contributed by atoms with Crippen molar-refractivity contribution in [1.82, 2.24) is 15.5 Å². The topological polar surface area (TPSA) is 123 Å². The highest BCUT2D eigenvalue weighted by Crippen LogP contribution is 2.40. The second-order valence-electron chi connectivity index (χ2n) is 9.10. The molecule has 2 aliphatic rings. The predicted molar refractivity (Wildman–Crippen MR) is 122 cm³/mol. The van der Waals surface area contributed by atoms with Crippen molar-refractivity contribution in [2.75, 3.05) is 12.8 Å². The normalized spacial score (nSPS) is 22.2. The number of carbonyl (C=O) groups is 3. The fraction of sp³-hybridized carbons (Fsp3) is 0.565. The van der Waals surface area contributed by atoms with E-state index in [9.17, 15) is 23.9 Å². The lowest BCUT2D eigenvalue weighted by Gasteiger charge is -2.36. The Labute approximate surface area is 196 Å². The number of hydrogen-bond acceptors (Lipinski definition) is 6. The number of hydrogen-bond donors (Lipinski definition) is 3. The van der Waals surface area contributed by atoms with E-state index in [-0.39, 0.29) is 32.4 Å². The monoisotopic (exact) mass is 476 g/mol. The largest absolute Gasteiger partial charge is 0.391 e. The maximum absolute atomic E-state index is 14.3. The Morgan fingerprint density at radius 2 is 1.97 bits per heavy atom. The van der Waals surface area contributed by atoms with Crippen LogP contribution in [0.5, 0.6) is 0 Å². The van der Waals surface area contributed by atoms with Gasteiger partial charge in [-0.15, -0.1) is 0 Å². The van der Waals surface area contributed by atoms with Crippen molar-refractivity contribution in [1.29, 1.82) is 5.26 Å². The van der Waals surface area contributed by atoms with Crippen LogP contribution in [0.4, 0.5) is 4.39 Å².